The molecule has 0 saturated carbocycles. The number of aromatic nitrogens is 1. The fourth-order valence-corrected chi connectivity index (χ4v) is 3.05. The van der Waals surface area contributed by atoms with Gasteiger partial charge in [0.1, 0.15) is 11.5 Å². The van der Waals surface area contributed by atoms with Crippen LogP contribution in [-0.4, -0.2) is 10.9 Å². The van der Waals surface area contributed by atoms with Crippen molar-refractivity contribution in [3.63, 3.8) is 0 Å². The van der Waals surface area contributed by atoms with Gasteiger partial charge in [-0.15, -0.1) is 0 Å². The summed E-state index contributed by atoms with van der Waals surface area (Å²) < 4.78 is 32.5. The van der Waals surface area contributed by atoms with Crippen LogP contribution in [-0.2, 0) is 6.54 Å². The van der Waals surface area contributed by atoms with E-state index in [1.54, 1.807) is 30.5 Å². The van der Waals surface area contributed by atoms with Crippen LogP contribution >= 0.6 is 0 Å². The van der Waals surface area contributed by atoms with Crippen molar-refractivity contribution in [3.05, 3.63) is 107 Å². The van der Waals surface area contributed by atoms with Gasteiger partial charge >= 0.3 is 0 Å². The molecule has 3 aromatic rings. The van der Waals surface area contributed by atoms with E-state index in [1.807, 2.05) is 45.1 Å². The predicted molar refractivity (Wildman–Crippen MR) is 121 cm³/mol. The molecule has 6 heteroatoms. The molecule has 32 heavy (non-hydrogen) atoms. The van der Waals surface area contributed by atoms with E-state index in [0.717, 1.165) is 29.0 Å². The minimum absolute atomic E-state index is 0.0743. The number of carbonyl (C=O) groups excluding carboxylic acids is 1. The van der Waals surface area contributed by atoms with Crippen molar-refractivity contribution >= 4 is 11.5 Å². The summed E-state index contributed by atoms with van der Waals surface area (Å²) in [5, 5.41) is 2.71. The number of rotatable bonds is 7. The van der Waals surface area contributed by atoms with Crippen molar-refractivity contribution in [2.45, 2.75) is 27.3 Å². The van der Waals surface area contributed by atoms with Gasteiger partial charge in [-0.1, -0.05) is 30.4 Å². The minimum Gasteiger partial charge on any atom is -0.457 e. The Kier molecular flexibility index (Phi) is 7.49. The average molecular weight is 434 g/mol. The van der Waals surface area contributed by atoms with Crippen molar-refractivity contribution in [1.82, 2.24) is 10.3 Å². The summed E-state index contributed by atoms with van der Waals surface area (Å²) in [5.74, 6) is -1.08. The summed E-state index contributed by atoms with van der Waals surface area (Å²) in [7, 11) is 0. The predicted octanol–water partition coefficient (Wildman–Crippen LogP) is 6.37. The molecule has 0 aliphatic heterocycles. The molecule has 3 rings (SSSR count). The summed E-state index contributed by atoms with van der Waals surface area (Å²) in [6, 6.07) is 12.2. The van der Waals surface area contributed by atoms with E-state index in [2.05, 4.69) is 10.3 Å². The van der Waals surface area contributed by atoms with Gasteiger partial charge < -0.3 is 10.1 Å². The number of nitrogens with zero attached hydrogens (tertiary/aromatic N) is 1. The van der Waals surface area contributed by atoms with Crippen LogP contribution in [0.15, 0.2) is 73.0 Å². The molecule has 0 aliphatic rings. The molecule has 0 spiro atoms. The fraction of sp³-hybridized carbons (Fsp3) is 0.154. The van der Waals surface area contributed by atoms with Gasteiger partial charge in [0.05, 0.1) is 5.69 Å². The molecule has 2 aromatic carbocycles. The molecule has 1 N–H and O–H groups in total. The van der Waals surface area contributed by atoms with Gasteiger partial charge in [-0.25, -0.2) is 8.78 Å². The second-order valence-electron chi connectivity index (χ2n) is 7.13. The standard InChI is InChI=1S/C26H24F2N2O2/c1-4-6-19(5-2)24-15-21(11-12-29-24)32-25-14-20(9-7-17(25)3)26(31)30-16-18-8-10-22(27)23(28)13-18/h4-15H,16H2,1-3H3,(H,30,31)/b6-4-,19-5+. The molecule has 0 saturated heterocycles. The Hall–Kier alpha value is -3.80. The first-order chi connectivity index (χ1) is 15.4. The van der Waals surface area contributed by atoms with Crippen molar-refractivity contribution in [2.24, 2.45) is 0 Å². The highest BCUT2D eigenvalue weighted by Crippen LogP contribution is 2.28. The molecule has 164 valence electrons. The molecular formula is C26H24F2N2O2. The molecule has 1 aromatic heterocycles. The van der Waals surface area contributed by atoms with Crippen molar-refractivity contribution in [3.8, 4) is 11.5 Å². The van der Waals surface area contributed by atoms with E-state index in [0.29, 0.717) is 22.6 Å². The van der Waals surface area contributed by atoms with Gasteiger partial charge in [-0.2, -0.15) is 0 Å². The van der Waals surface area contributed by atoms with E-state index in [1.165, 1.54) is 6.07 Å². The minimum atomic E-state index is -0.949. The second kappa shape index (κ2) is 10.5. The van der Waals surface area contributed by atoms with Crippen LogP contribution in [0.5, 0.6) is 11.5 Å². The molecular weight excluding hydrogens is 410 g/mol. The smallest absolute Gasteiger partial charge is 0.251 e. The quantitative estimate of drug-likeness (QED) is 0.440. The molecule has 0 atom stereocenters. The Balaban J connectivity index is 1.75. The number of ether oxygens (including phenoxy) is 1. The number of hydrogen-bond donors (Lipinski definition) is 1. The first kappa shape index (κ1) is 22.9. The summed E-state index contributed by atoms with van der Waals surface area (Å²) in [6.07, 6.45) is 7.55. The molecule has 0 bridgehead atoms. The van der Waals surface area contributed by atoms with Gasteiger partial charge in [-0.05, 0) is 67.8 Å². The first-order valence-electron chi connectivity index (χ1n) is 10.2. The zero-order valence-electron chi connectivity index (χ0n) is 18.2. The number of amides is 1. The molecule has 0 aliphatic carbocycles. The molecule has 0 radical (unpaired) electrons. The van der Waals surface area contributed by atoms with Crippen LogP contribution in [0, 0.1) is 18.6 Å². The Labute approximate surface area is 186 Å². The normalized spacial score (nSPS) is 11.6. The molecule has 0 unspecified atom stereocenters. The molecule has 1 heterocycles. The maximum atomic E-state index is 13.4. The Bertz CT molecular complexity index is 1190. The number of benzene rings is 2. The van der Waals surface area contributed by atoms with E-state index in [-0.39, 0.29) is 12.5 Å². The molecule has 4 nitrogen and oxygen atoms in total. The van der Waals surface area contributed by atoms with Crippen LogP contribution in [0.25, 0.3) is 5.57 Å². The number of allylic oxidation sites excluding steroid dienone is 4. The topological polar surface area (TPSA) is 51.2 Å². The van der Waals surface area contributed by atoms with Gasteiger partial charge in [0.15, 0.2) is 11.6 Å². The SMILES string of the molecule is C/C=C\C(=C/C)c1cc(Oc2cc(C(=O)NCc3ccc(F)c(F)c3)ccc2C)ccn1. The second-order valence-corrected chi connectivity index (χ2v) is 7.13. The number of hydrogen-bond acceptors (Lipinski definition) is 3. The number of nitrogens with one attached hydrogen (secondary N) is 1. The Morgan fingerprint density at radius 1 is 1.06 bits per heavy atom. The van der Waals surface area contributed by atoms with Crippen LogP contribution in [0.2, 0.25) is 0 Å². The van der Waals surface area contributed by atoms with Gasteiger partial charge in [0.25, 0.3) is 5.91 Å². The van der Waals surface area contributed by atoms with Crippen molar-refractivity contribution < 1.29 is 18.3 Å². The highest BCUT2D eigenvalue weighted by molar-refractivity contribution is 5.94. The lowest BCUT2D eigenvalue weighted by Gasteiger charge is -2.12. The van der Waals surface area contributed by atoms with Crippen molar-refractivity contribution in [1.29, 1.82) is 0 Å². The van der Waals surface area contributed by atoms with Gasteiger partial charge in [0.2, 0.25) is 0 Å². The maximum Gasteiger partial charge on any atom is 0.251 e. The Morgan fingerprint density at radius 3 is 2.59 bits per heavy atom. The largest absolute Gasteiger partial charge is 0.457 e. The third-order valence-electron chi connectivity index (χ3n) is 4.80. The number of pyridine rings is 1. The average Bonchev–Trinajstić information content (AvgIpc) is 2.79. The zero-order valence-corrected chi connectivity index (χ0v) is 18.2. The molecule has 1 amide bonds. The van der Waals surface area contributed by atoms with Gasteiger partial charge in [-0.3, -0.25) is 9.78 Å². The molecule has 0 fully saturated rings. The van der Waals surface area contributed by atoms with Gasteiger partial charge in [0, 0.05) is 24.4 Å². The lowest BCUT2D eigenvalue weighted by atomic mass is 10.1. The van der Waals surface area contributed by atoms with Crippen LogP contribution < -0.4 is 10.1 Å². The number of aryl methyl sites for hydroxylation is 1. The van der Waals surface area contributed by atoms with Crippen LogP contribution in [0.3, 0.4) is 0 Å². The Morgan fingerprint density at radius 2 is 1.88 bits per heavy atom. The summed E-state index contributed by atoms with van der Waals surface area (Å²) in [5.41, 5.74) is 3.47. The fourth-order valence-electron chi connectivity index (χ4n) is 3.05. The number of halogens is 2. The third-order valence-corrected chi connectivity index (χ3v) is 4.80. The number of carbonyl (C=O) groups is 1. The van der Waals surface area contributed by atoms with E-state index in [4.69, 9.17) is 4.74 Å². The van der Waals surface area contributed by atoms with E-state index < -0.39 is 11.6 Å². The lowest BCUT2D eigenvalue weighted by molar-refractivity contribution is 0.0950. The van der Waals surface area contributed by atoms with Crippen molar-refractivity contribution in [2.75, 3.05) is 0 Å². The maximum absolute atomic E-state index is 13.4. The monoisotopic (exact) mass is 434 g/mol. The summed E-state index contributed by atoms with van der Waals surface area (Å²) in [4.78, 5) is 17.0. The summed E-state index contributed by atoms with van der Waals surface area (Å²) >= 11 is 0. The first-order valence-corrected chi connectivity index (χ1v) is 10.2. The lowest BCUT2D eigenvalue weighted by Crippen LogP contribution is -2.22. The summed E-state index contributed by atoms with van der Waals surface area (Å²) in [6.45, 7) is 5.84. The van der Waals surface area contributed by atoms with Crippen LogP contribution in [0.4, 0.5) is 8.78 Å². The highest BCUT2D eigenvalue weighted by Gasteiger charge is 2.11. The highest BCUT2D eigenvalue weighted by atomic mass is 19.2. The van der Waals surface area contributed by atoms with Crippen LogP contribution in [0.1, 0.15) is 41.0 Å². The third kappa shape index (κ3) is 5.66. The van der Waals surface area contributed by atoms with E-state index in [9.17, 15) is 13.6 Å². The van der Waals surface area contributed by atoms with E-state index >= 15 is 0 Å². The zero-order chi connectivity index (χ0) is 23.1.